The Morgan fingerprint density at radius 1 is 1.27 bits per heavy atom. The van der Waals surface area contributed by atoms with E-state index in [9.17, 15) is 9.18 Å². The smallest absolute Gasteiger partial charge is 0.407 e. The van der Waals surface area contributed by atoms with E-state index in [1.54, 1.807) is 12.1 Å². The highest BCUT2D eigenvalue weighted by Gasteiger charge is 2.28. The van der Waals surface area contributed by atoms with Crippen LogP contribution in [0.25, 0.3) is 10.9 Å². The quantitative estimate of drug-likeness (QED) is 0.611. The van der Waals surface area contributed by atoms with Crippen molar-refractivity contribution >= 4 is 22.7 Å². The molecule has 0 saturated carbocycles. The average Bonchev–Trinajstić information content (AvgIpc) is 2.93. The summed E-state index contributed by atoms with van der Waals surface area (Å²) in [7, 11) is 0. The highest BCUT2D eigenvalue weighted by molar-refractivity contribution is 5.88. The molecule has 2 aromatic carbocycles. The van der Waals surface area contributed by atoms with Crippen molar-refractivity contribution in [2.75, 3.05) is 5.73 Å². The molecule has 4 rings (SSSR count). The van der Waals surface area contributed by atoms with Gasteiger partial charge in [0.25, 0.3) is 0 Å². The molecule has 158 valence electrons. The zero-order valence-corrected chi connectivity index (χ0v) is 17.7. The molecule has 0 aliphatic heterocycles. The molecule has 0 fully saturated rings. The van der Waals surface area contributed by atoms with Crippen LogP contribution in [-0.2, 0) is 24.1 Å². The number of alkyl carbamates (subject to hydrolysis) is 1. The number of benzene rings is 2. The molecule has 1 unspecified atom stereocenters. The monoisotopic (exact) mass is 409 g/mol. The number of aromatic nitrogens is 1. The molecular formula is C24H28FN3O2. The van der Waals surface area contributed by atoms with E-state index in [-0.39, 0.29) is 18.0 Å². The van der Waals surface area contributed by atoms with Crippen molar-refractivity contribution in [3.63, 3.8) is 0 Å². The molecule has 0 bridgehead atoms. The second kappa shape index (κ2) is 7.67. The van der Waals surface area contributed by atoms with Crippen molar-refractivity contribution in [3.05, 3.63) is 65.1 Å². The molecule has 1 heterocycles. The number of ether oxygens (including phenoxy) is 1. The third-order valence-electron chi connectivity index (χ3n) is 5.44. The van der Waals surface area contributed by atoms with Crippen LogP contribution in [0.1, 0.15) is 44.0 Å². The van der Waals surface area contributed by atoms with Crippen LogP contribution in [0, 0.1) is 5.82 Å². The van der Waals surface area contributed by atoms with Crippen LogP contribution in [0.3, 0.4) is 0 Å². The number of amides is 1. The van der Waals surface area contributed by atoms with Gasteiger partial charge in [0.1, 0.15) is 11.4 Å². The van der Waals surface area contributed by atoms with Crippen molar-refractivity contribution in [1.82, 2.24) is 9.88 Å². The van der Waals surface area contributed by atoms with Crippen molar-refractivity contribution < 1.29 is 13.9 Å². The Kier molecular flexibility index (Phi) is 5.18. The van der Waals surface area contributed by atoms with Crippen molar-refractivity contribution in [2.24, 2.45) is 0 Å². The predicted octanol–water partition coefficient (Wildman–Crippen LogP) is 4.79. The Bertz CT molecular complexity index is 1100. The predicted molar refractivity (Wildman–Crippen MR) is 117 cm³/mol. The minimum absolute atomic E-state index is 0.00185. The second-order valence-electron chi connectivity index (χ2n) is 9.00. The summed E-state index contributed by atoms with van der Waals surface area (Å²) in [5.74, 6) is -0.233. The van der Waals surface area contributed by atoms with Crippen LogP contribution in [0.2, 0.25) is 0 Å². The molecular weight excluding hydrogens is 381 g/mol. The fraction of sp³-hybridized carbons (Fsp3) is 0.375. The van der Waals surface area contributed by atoms with E-state index in [1.807, 2.05) is 45.0 Å². The van der Waals surface area contributed by atoms with Crippen LogP contribution in [0.15, 0.2) is 42.5 Å². The first-order chi connectivity index (χ1) is 14.2. The Morgan fingerprint density at radius 2 is 2.07 bits per heavy atom. The van der Waals surface area contributed by atoms with Gasteiger partial charge in [-0.2, -0.15) is 0 Å². The summed E-state index contributed by atoms with van der Waals surface area (Å²) in [4.78, 5) is 12.2. The molecule has 5 nitrogen and oxygen atoms in total. The maximum Gasteiger partial charge on any atom is 0.407 e. The minimum Gasteiger partial charge on any atom is -0.444 e. The maximum atomic E-state index is 13.7. The molecule has 1 aliphatic carbocycles. The molecule has 30 heavy (non-hydrogen) atoms. The number of hydrogen-bond donors (Lipinski definition) is 2. The number of carbonyl (C=O) groups is 1. The second-order valence-corrected chi connectivity index (χ2v) is 9.00. The molecule has 1 aromatic heterocycles. The van der Waals surface area contributed by atoms with E-state index in [0.717, 1.165) is 29.3 Å². The SMILES string of the molecule is CC(C)(C)OC(=O)NC1CCc2c(c3cc(N)ccc3n2Cc2cccc(F)c2)C1. The Morgan fingerprint density at radius 3 is 2.80 bits per heavy atom. The largest absolute Gasteiger partial charge is 0.444 e. The van der Waals surface area contributed by atoms with E-state index >= 15 is 0 Å². The summed E-state index contributed by atoms with van der Waals surface area (Å²) in [5, 5.41) is 4.11. The van der Waals surface area contributed by atoms with E-state index < -0.39 is 5.60 Å². The van der Waals surface area contributed by atoms with Gasteiger partial charge in [-0.3, -0.25) is 0 Å². The summed E-state index contributed by atoms with van der Waals surface area (Å²) in [6.07, 6.45) is 1.96. The number of nitrogen functional groups attached to an aromatic ring is 1. The lowest BCUT2D eigenvalue weighted by Crippen LogP contribution is -2.42. The lowest BCUT2D eigenvalue weighted by Gasteiger charge is -2.27. The van der Waals surface area contributed by atoms with Crippen LogP contribution < -0.4 is 11.1 Å². The van der Waals surface area contributed by atoms with Crippen molar-refractivity contribution in [1.29, 1.82) is 0 Å². The van der Waals surface area contributed by atoms with Gasteiger partial charge in [-0.1, -0.05) is 12.1 Å². The molecule has 3 N–H and O–H groups in total. The average molecular weight is 410 g/mol. The first-order valence-electron chi connectivity index (χ1n) is 10.3. The number of nitrogens with zero attached hydrogens (tertiary/aromatic N) is 1. The molecule has 0 saturated heterocycles. The number of hydrogen-bond acceptors (Lipinski definition) is 3. The summed E-state index contributed by atoms with van der Waals surface area (Å²) in [5.41, 5.74) is 10.7. The van der Waals surface area contributed by atoms with Crippen LogP contribution in [0.4, 0.5) is 14.9 Å². The maximum absolute atomic E-state index is 13.7. The summed E-state index contributed by atoms with van der Waals surface area (Å²) < 4.78 is 21.4. The Labute approximate surface area is 176 Å². The zero-order valence-electron chi connectivity index (χ0n) is 17.7. The van der Waals surface area contributed by atoms with Gasteiger partial charge in [0.05, 0.1) is 0 Å². The summed E-state index contributed by atoms with van der Waals surface area (Å²) >= 11 is 0. The van der Waals surface area contributed by atoms with Gasteiger partial charge in [0, 0.05) is 34.9 Å². The van der Waals surface area contributed by atoms with Crippen LogP contribution >= 0.6 is 0 Å². The lowest BCUT2D eigenvalue weighted by molar-refractivity contribution is 0.0500. The Hall–Kier alpha value is -3.02. The number of rotatable bonds is 3. The molecule has 1 atom stereocenters. The third-order valence-corrected chi connectivity index (χ3v) is 5.44. The summed E-state index contributed by atoms with van der Waals surface area (Å²) in [6.45, 7) is 6.16. The molecule has 6 heteroatoms. The van der Waals surface area contributed by atoms with Gasteiger partial charge in [-0.05, 0) is 81.5 Å². The summed E-state index contributed by atoms with van der Waals surface area (Å²) in [6, 6.07) is 12.6. The number of fused-ring (bicyclic) bond motifs is 3. The fourth-order valence-corrected chi connectivity index (χ4v) is 4.26. The van der Waals surface area contributed by atoms with E-state index in [0.29, 0.717) is 18.7 Å². The van der Waals surface area contributed by atoms with E-state index in [1.165, 1.54) is 17.3 Å². The normalized spacial score (nSPS) is 16.3. The van der Waals surface area contributed by atoms with Gasteiger partial charge in [-0.25, -0.2) is 9.18 Å². The van der Waals surface area contributed by atoms with E-state index in [4.69, 9.17) is 10.5 Å². The molecule has 3 aromatic rings. The van der Waals surface area contributed by atoms with Crippen LogP contribution in [-0.4, -0.2) is 22.3 Å². The topological polar surface area (TPSA) is 69.3 Å². The Balaban J connectivity index is 1.66. The number of carbonyl (C=O) groups excluding carboxylic acids is 1. The van der Waals surface area contributed by atoms with Crippen LogP contribution in [0.5, 0.6) is 0 Å². The third kappa shape index (κ3) is 4.27. The van der Waals surface area contributed by atoms with Crippen molar-refractivity contribution in [3.8, 4) is 0 Å². The van der Waals surface area contributed by atoms with Gasteiger partial charge in [-0.15, -0.1) is 0 Å². The van der Waals surface area contributed by atoms with Gasteiger partial charge in [0.2, 0.25) is 0 Å². The van der Waals surface area contributed by atoms with Crippen molar-refractivity contribution in [2.45, 2.75) is 58.2 Å². The highest BCUT2D eigenvalue weighted by atomic mass is 19.1. The number of anilines is 1. The first-order valence-corrected chi connectivity index (χ1v) is 10.3. The number of nitrogens with two attached hydrogens (primary N) is 1. The zero-order chi connectivity index (χ0) is 21.5. The first kappa shape index (κ1) is 20.3. The minimum atomic E-state index is -0.528. The highest BCUT2D eigenvalue weighted by Crippen LogP contribution is 2.34. The number of nitrogens with one attached hydrogen (secondary N) is 1. The fourth-order valence-electron chi connectivity index (χ4n) is 4.26. The van der Waals surface area contributed by atoms with Gasteiger partial charge < -0.3 is 20.4 Å². The molecule has 1 amide bonds. The molecule has 1 aliphatic rings. The molecule has 0 spiro atoms. The lowest BCUT2D eigenvalue weighted by atomic mass is 9.91. The standard InChI is InChI=1S/C24H28FN3O2/c1-24(2,3)30-23(29)27-18-8-10-22-20(13-18)19-12-17(26)7-9-21(19)28(22)14-15-5-4-6-16(25)11-15/h4-7,9,11-12,18H,8,10,13-14,26H2,1-3H3,(H,27,29). The van der Waals surface area contributed by atoms with Gasteiger partial charge >= 0.3 is 6.09 Å². The van der Waals surface area contributed by atoms with E-state index in [2.05, 4.69) is 9.88 Å². The number of halogens is 1. The van der Waals surface area contributed by atoms with Gasteiger partial charge in [0.15, 0.2) is 0 Å². The molecule has 0 radical (unpaired) electrons.